The Balaban J connectivity index is 2.10. The number of rotatable bonds is 2. The van der Waals surface area contributed by atoms with Gasteiger partial charge in [-0.3, -0.25) is 0 Å². The van der Waals surface area contributed by atoms with Crippen LogP contribution in [0.1, 0.15) is 19.3 Å². The third-order valence-corrected chi connectivity index (χ3v) is 2.97. The Morgan fingerprint density at radius 2 is 2.33 bits per heavy atom. The van der Waals surface area contributed by atoms with Crippen molar-refractivity contribution in [3.05, 3.63) is 22.6 Å². The molecular formula is C10H12BrFN2O. The molecule has 2 atom stereocenters. The van der Waals surface area contributed by atoms with Crippen molar-refractivity contribution >= 4 is 15.9 Å². The summed E-state index contributed by atoms with van der Waals surface area (Å²) in [5, 5.41) is 0. The van der Waals surface area contributed by atoms with Crippen LogP contribution < -0.4 is 10.5 Å². The zero-order chi connectivity index (χ0) is 10.8. The lowest BCUT2D eigenvalue weighted by atomic mass is 10.2. The van der Waals surface area contributed by atoms with E-state index in [-0.39, 0.29) is 18.0 Å². The number of hydrogen-bond acceptors (Lipinski definition) is 3. The van der Waals surface area contributed by atoms with Gasteiger partial charge in [0.15, 0.2) is 5.82 Å². The van der Waals surface area contributed by atoms with Crippen LogP contribution in [0.15, 0.2) is 16.7 Å². The summed E-state index contributed by atoms with van der Waals surface area (Å²) in [5.41, 5.74) is 5.82. The van der Waals surface area contributed by atoms with Crippen molar-refractivity contribution in [3.8, 4) is 5.88 Å². The first-order valence-electron chi connectivity index (χ1n) is 4.90. The van der Waals surface area contributed by atoms with Gasteiger partial charge < -0.3 is 10.5 Å². The first-order valence-corrected chi connectivity index (χ1v) is 5.69. The van der Waals surface area contributed by atoms with Crippen LogP contribution in [0.3, 0.4) is 0 Å². The van der Waals surface area contributed by atoms with Crippen LogP contribution in [0.2, 0.25) is 0 Å². The van der Waals surface area contributed by atoms with Gasteiger partial charge in [-0.25, -0.2) is 9.37 Å². The number of aromatic nitrogens is 1. The van der Waals surface area contributed by atoms with Crippen molar-refractivity contribution in [3.63, 3.8) is 0 Å². The molecule has 0 saturated heterocycles. The molecule has 3 nitrogen and oxygen atoms in total. The maximum absolute atomic E-state index is 13.4. The minimum atomic E-state index is -0.455. The van der Waals surface area contributed by atoms with E-state index < -0.39 is 5.82 Å². The molecule has 1 fully saturated rings. The van der Waals surface area contributed by atoms with Crippen LogP contribution in [0.25, 0.3) is 0 Å². The molecule has 1 saturated carbocycles. The molecule has 1 aromatic heterocycles. The second-order valence-electron chi connectivity index (χ2n) is 3.69. The molecule has 1 aliphatic rings. The molecule has 1 aromatic rings. The molecule has 0 radical (unpaired) electrons. The molecular weight excluding hydrogens is 263 g/mol. The van der Waals surface area contributed by atoms with Gasteiger partial charge in [0.05, 0.1) is 0 Å². The molecule has 1 heterocycles. The first-order chi connectivity index (χ1) is 7.16. The predicted octanol–water partition coefficient (Wildman–Crippen LogP) is 2.24. The van der Waals surface area contributed by atoms with Crippen LogP contribution in [0.4, 0.5) is 4.39 Å². The lowest BCUT2D eigenvalue weighted by Gasteiger charge is -2.17. The van der Waals surface area contributed by atoms with Gasteiger partial charge in [0.25, 0.3) is 5.88 Å². The second-order valence-corrected chi connectivity index (χ2v) is 4.61. The van der Waals surface area contributed by atoms with E-state index in [4.69, 9.17) is 10.5 Å². The number of nitrogens with two attached hydrogens (primary N) is 1. The van der Waals surface area contributed by atoms with Gasteiger partial charge in [0.2, 0.25) is 0 Å². The Morgan fingerprint density at radius 1 is 1.53 bits per heavy atom. The molecule has 2 unspecified atom stereocenters. The Labute approximate surface area is 96.0 Å². The topological polar surface area (TPSA) is 48.1 Å². The third-order valence-electron chi connectivity index (χ3n) is 2.54. The Bertz CT molecular complexity index is 361. The smallest absolute Gasteiger partial charge is 0.250 e. The lowest BCUT2D eigenvalue weighted by Crippen LogP contribution is -2.34. The third kappa shape index (κ3) is 2.46. The van der Waals surface area contributed by atoms with Gasteiger partial charge in [0, 0.05) is 16.7 Å². The van der Waals surface area contributed by atoms with Crippen molar-refractivity contribution in [1.29, 1.82) is 0 Å². The SMILES string of the molecule is NC1CCCC1Oc1ncc(Br)cc1F. The van der Waals surface area contributed by atoms with Gasteiger partial charge in [0.1, 0.15) is 6.10 Å². The quantitative estimate of drug-likeness (QED) is 0.900. The fraction of sp³-hybridized carbons (Fsp3) is 0.500. The summed E-state index contributed by atoms with van der Waals surface area (Å²) >= 11 is 3.14. The molecule has 0 amide bonds. The predicted molar refractivity (Wildman–Crippen MR) is 58.1 cm³/mol. The molecule has 82 valence electrons. The van der Waals surface area contributed by atoms with Crippen LogP contribution in [0, 0.1) is 5.82 Å². The van der Waals surface area contributed by atoms with E-state index in [1.807, 2.05) is 0 Å². The van der Waals surface area contributed by atoms with Crippen LogP contribution in [-0.2, 0) is 0 Å². The van der Waals surface area contributed by atoms with E-state index in [2.05, 4.69) is 20.9 Å². The van der Waals surface area contributed by atoms with Gasteiger partial charge in [-0.15, -0.1) is 0 Å². The highest BCUT2D eigenvalue weighted by Gasteiger charge is 2.26. The van der Waals surface area contributed by atoms with E-state index in [1.54, 1.807) is 0 Å². The zero-order valence-electron chi connectivity index (χ0n) is 8.12. The number of pyridine rings is 1. The molecule has 15 heavy (non-hydrogen) atoms. The number of nitrogens with zero attached hydrogens (tertiary/aromatic N) is 1. The largest absolute Gasteiger partial charge is 0.471 e. The summed E-state index contributed by atoms with van der Waals surface area (Å²) < 4.78 is 19.4. The molecule has 0 aromatic carbocycles. The minimum Gasteiger partial charge on any atom is -0.471 e. The van der Waals surface area contributed by atoms with E-state index >= 15 is 0 Å². The van der Waals surface area contributed by atoms with E-state index in [1.165, 1.54) is 12.3 Å². The van der Waals surface area contributed by atoms with Crippen molar-refractivity contribution in [1.82, 2.24) is 4.98 Å². The monoisotopic (exact) mass is 274 g/mol. The standard InChI is InChI=1S/C10H12BrFN2O/c11-6-4-7(12)10(14-5-6)15-9-3-1-2-8(9)13/h4-5,8-9H,1-3,13H2. The van der Waals surface area contributed by atoms with Gasteiger partial charge in [-0.1, -0.05) is 0 Å². The average Bonchev–Trinajstić information content (AvgIpc) is 2.57. The highest BCUT2D eigenvalue weighted by atomic mass is 79.9. The summed E-state index contributed by atoms with van der Waals surface area (Å²) in [5.74, 6) is -0.413. The fourth-order valence-corrected chi connectivity index (χ4v) is 2.04. The van der Waals surface area contributed by atoms with Crippen LogP contribution >= 0.6 is 15.9 Å². The summed E-state index contributed by atoms with van der Waals surface area (Å²) in [6, 6.07) is 1.33. The van der Waals surface area contributed by atoms with E-state index in [0.717, 1.165) is 19.3 Å². The van der Waals surface area contributed by atoms with Crippen LogP contribution in [-0.4, -0.2) is 17.1 Å². The molecule has 0 bridgehead atoms. The number of ether oxygens (including phenoxy) is 1. The summed E-state index contributed by atoms with van der Waals surface area (Å²) in [6.07, 6.45) is 4.25. The maximum atomic E-state index is 13.4. The maximum Gasteiger partial charge on any atom is 0.250 e. The van der Waals surface area contributed by atoms with Crippen molar-refractivity contribution in [2.45, 2.75) is 31.4 Å². The summed E-state index contributed by atoms with van der Waals surface area (Å²) in [4.78, 5) is 3.88. The van der Waals surface area contributed by atoms with Gasteiger partial charge >= 0.3 is 0 Å². The van der Waals surface area contributed by atoms with E-state index in [9.17, 15) is 4.39 Å². The van der Waals surface area contributed by atoms with Crippen molar-refractivity contribution < 1.29 is 9.13 Å². The lowest BCUT2D eigenvalue weighted by molar-refractivity contribution is 0.175. The number of halogens is 2. The molecule has 5 heteroatoms. The van der Waals surface area contributed by atoms with E-state index in [0.29, 0.717) is 4.47 Å². The molecule has 2 N–H and O–H groups in total. The first kappa shape index (κ1) is 10.8. The summed E-state index contributed by atoms with van der Waals surface area (Å²) in [6.45, 7) is 0. The fourth-order valence-electron chi connectivity index (χ4n) is 1.73. The Kier molecular flexibility index (Phi) is 3.21. The Hall–Kier alpha value is -0.680. The normalized spacial score (nSPS) is 25.5. The second kappa shape index (κ2) is 4.45. The molecule has 0 spiro atoms. The van der Waals surface area contributed by atoms with Gasteiger partial charge in [-0.05, 0) is 41.3 Å². The van der Waals surface area contributed by atoms with Crippen molar-refractivity contribution in [2.75, 3.05) is 0 Å². The molecule has 1 aliphatic carbocycles. The number of hydrogen-bond donors (Lipinski definition) is 1. The summed E-state index contributed by atoms with van der Waals surface area (Å²) in [7, 11) is 0. The van der Waals surface area contributed by atoms with Gasteiger partial charge in [-0.2, -0.15) is 0 Å². The highest BCUT2D eigenvalue weighted by Crippen LogP contribution is 2.25. The minimum absolute atomic E-state index is 0.00477. The van der Waals surface area contributed by atoms with Crippen molar-refractivity contribution in [2.24, 2.45) is 5.73 Å². The zero-order valence-corrected chi connectivity index (χ0v) is 9.71. The highest BCUT2D eigenvalue weighted by molar-refractivity contribution is 9.10. The molecule has 0 aliphatic heterocycles. The Morgan fingerprint density at radius 3 is 2.93 bits per heavy atom. The van der Waals surface area contributed by atoms with Crippen LogP contribution in [0.5, 0.6) is 5.88 Å². The molecule has 2 rings (SSSR count). The average molecular weight is 275 g/mol.